The summed E-state index contributed by atoms with van der Waals surface area (Å²) in [6.07, 6.45) is 0. The fourth-order valence-electron chi connectivity index (χ4n) is 2.56. The molecule has 0 fully saturated rings. The van der Waals surface area contributed by atoms with Crippen molar-refractivity contribution in [3.8, 4) is 0 Å². The van der Waals surface area contributed by atoms with Gasteiger partial charge in [0.25, 0.3) is 0 Å². The minimum atomic E-state index is -1.05. The molecule has 130 valence electrons. The highest BCUT2D eigenvalue weighted by molar-refractivity contribution is 5.87. The van der Waals surface area contributed by atoms with Crippen LogP contribution in [0.25, 0.3) is 0 Å². The Labute approximate surface area is 151 Å². The average molecular weight is 347 g/mol. The summed E-state index contributed by atoms with van der Waals surface area (Å²) in [6.45, 7) is 8.03. The van der Waals surface area contributed by atoms with Crippen LogP contribution in [0.4, 0.5) is 0 Å². The van der Waals surface area contributed by atoms with E-state index in [9.17, 15) is 4.79 Å². The molecule has 0 aliphatic rings. The Hall–Kier alpha value is -1.84. The van der Waals surface area contributed by atoms with Gasteiger partial charge >= 0.3 is 0 Å². The second-order valence-corrected chi connectivity index (χ2v) is 6.85. The van der Waals surface area contributed by atoms with Gasteiger partial charge in [0.2, 0.25) is 5.91 Å². The number of benzene rings is 2. The van der Waals surface area contributed by atoms with Crippen LogP contribution < -0.4 is 11.1 Å². The fourth-order valence-corrected chi connectivity index (χ4v) is 2.56. The van der Waals surface area contributed by atoms with Crippen molar-refractivity contribution in [2.45, 2.75) is 44.7 Å². The van der Waals surface area contributed by atoms with Crippen LogP contribution in [0.3, 0.4) is 0 Å². The van der Waals surface area contributed by atoms with Gasteiger partial charge in [-0.1, -0.05) is 74.5 Å². The monoisotopic (exact) mass is 346 g/mol. The normalized spacial score (nSPS) is 14.9. The summed E-state index contributed by atoms with van der Waals surface area (Å²) in [7, 11) is 0. The molecule has 0 heterocycles. The van der Waals surface area contributed by atoms with Gasteiger partial charge in [0, 0.05) is 11.5 Å². The lowest BCUT2D eigenvalue weighted by Gasteiger charge is -2.35. The third-order valence-electron chi connectivity index (χ3n) is 4.79. The van der Waals surface area contributed by atoms with Crippen LogP contribution in [0.2, 0.25) is 0 Å². The van der Waals surface area contributed by atoms with E-state index >= 15 is 0 Å². The largest absolute Gasteiger partial charge is 0.351 e. The molecule has 24 heavy (non-hydrogen) atoms. The van der Waals surface area contributed by atoms with Gasteiger partial charge in [-0.15, -0.1) is 12.4 Å². The molecule has 2 atom stereocenters. The Kier molecular flexibility index (Phi) is 6.58. The van der Waals surface area contributed by atoms with Crippen LogP contribution in [0.1, 0.15) is 38.8 Å². The lowest BCUT2D eigenvalue weighted by atomic mass is 9.78. The lowest BCUT2D eigenvalue weighted by Crippen LogP contribution is -2.55. The summed E-state index contributed by atoms with van der Waals surface area (Å²) in [5, 5.41) is 3.09. The van der Waals surface area contributed by atoms with E-state index in [0.29, 0.717) is 0 Å². The maximum Gasteiger partial charge on any atom is 0.244 e. The van der Waals surface area contributed by atoms with Crippen LogP contribution in [0.5, 0.6) is 0 Å². The predicted octanol–water partition coefficient (Wildman–Crippen LogP) is 3.76. The van der Waals surface area contributed by atoms with Gasteiger partial charge < -0.3 is 11.1 Å². The first-order chi connectivity index (χ1) is 10.8. The van der Waals surface area contributed by atoms with E-state index in [4.69, 9.17) is 5.73 Å². The minimum Gasteiger partial charge on any atom is -0.351 e. The van der Waals surface area contributed by atoms with Crippen molar-refractivity contribution in [1.29, 1.82) is 0 Å². The molecular formula is C20H27ClN2O. The van der Waals surface area contributed by atoms with Crippen molar-refractivity contribution in [3.63, 3.8) is 0 Å². The van der Waals surface area contributed by atoms with Crippen molar-refractivity contribution < 1.29 is 4.79 Å². The van der Waals surface area contributed by atoms with E-state index in [0.717, 1.165) is 5.56 Å². The maximum atomic E-state index is 12.7. The van der Waals surface area contributed by atoms with Gasteiger partial charge in [-0.3, -0.25) is 4.79 Å². The van der Waals surface area contributed by atoms with E-state index < -0.39 is 5.54 Å². The summed E-state index contributed by atoms with van der Waals surface area (Å²) in [6, 6.07) is 19.6. The fraction of sp³-hybridized carbons (Fsp3) is 0.350. The van der Waals surface area contributed by atoms with Crippen molar-refractivity contribution in [2.75, 3.05) is 0 Å². The van der Waals surface area contributed by atoms with Crippen LogP contribution in [-0.4, -0.2) is 11.9 Å². The number of hydrogen-bond acceptors (Lipinski definition) is 2. The van der Waals surface area contributed by atoms with Gasteiger partial charge in [-0.2, -0.15) is 0 Å². The molecule has 2 aromatic rings. The molecule has 0 spiro atoms. The van der Waals surface area contributed by atoms with Crippen molar-refractivity contribution in [2.24, 2.45) is 5.73 Å². The Morgan fingerprint density at radius 2 is 1.33 bits per heavy atom. The van der Waals surface area contributed by atoms with Gasteiger partial charge in [-0.25, -0.2) is 0 Å². The predicted molar refractivity (Wildman–Crippen MR) is 102 cm³/mol. The highest BCUT2D eigenvalue weighted by atomic mass is 35.5. The van der Waals surface area contributed by atoms with E-state index in [1.807, 2.05) is 55.5 Å². The number of rotatable bonds is 5. The zero-order valence-electron chi connectivity index (χ0n) is 14.7. The standard InChI is InChI=1S/C20H26N2O.ClH/c1-15(19(2,3)16-11-7-5-8-12-16)22-18(23)20(4,21)17-13-9-6-10-14-17;/h5-15H,21H2,1-4H3,(H,22,23);1H. The van der Waals surface area contributed by atoms with E-state index in [2.05, 4.69) is 31.3 Å². The van der Waals surface area contributed by atoms with Crippen LogP contribution in [-0.2, 0) is 15.7 Å². The Morgan fingerprint density at radius 1 is 0.917 bits per heavy atom. The summed E-state index contributed by atoms with van der Waals surface area (Å²) in [4.78, 5) is 12.7. The first-order valence-corrected chi connectivity index (χ1v) is 7.97. The highest BCUT2D eigenvalue weighted by Gasteiger charge is 2.35. The maximum absolute atomic E-state index is 12.7. The molecule has 0 saturated carbocycles. The molecule has 3 nitrogen and oxygen atoms in total. The van der Waals surface area contributed by atoms with Gasteiger partial charge in [-0.05, 0) is 25.0 Å². The Morgan fingerprint density at radius 3 is 1.79 bits per heavy atom. The number of nitrogens with two attached hydrogens (primary N) is 1. The summed E-state index contributed by atoms with van der Waals surface area (Å²) < 4.78 is 0. The molecule has 0 bridgehead atoms. The first kappa shape index (κ1) is 20.2. The van der Waals surface area contributed by atoms with Gasteiger partial charge in [0.15, 0.2) is 0 Å². The third kappa shape index (κ3) is 4.16. The van der Waals surface area contributed by atoms with Gasteiger partial charge in [0.05, 0.1) is 0 Å². The molecule has 0 aliphatic heterocycles. The highest BCUT2D eigenvalue weighted by Crippen LogP contribution is 2.27. The number of amides is 1. The van der Waals surface area contributed by atoms with Gasteiger partial charge in [0.1, 0.15) is 5.54 Å². The average Bonchev–Trinajstić information content (AvgIpc) is 2.56. The molecule has 3 N–H and O–H groups in total. The molecule has 2 rings (SSSR count). The second kappa shape index (κ2) is 7.82. The van der Waals surface area contributed by atoms with Crippen LogP contribution in [0, 0.1) is 0 Å². The summed E-state index contributed by atoms with van der Waals surface area (Å²) in [5.41, 5.74) is 7.05. The number of carbonyl (C=O) groups is 1. The van der Waals surface area contributed by atoms with E-state index in [-0.39, 0.29) is 29.8 Å². The summed E-state index contributed by atoms with van der Waals surface area (Å²) >= 11 is 0. The molecular weight excluding hydrogens is 320 g/mol. The molecule has 0 aliphatic carbocycles. The topological polar surface area (TPSA) is 55.1 Å². The Bertz CT molecular complexity index is 654. The number of halogens is 1. The SMILES string of the molecule is CC(NC(=O)C(C)(N)c1ccccc1)C(C)(C)c1ccccc1.Cl. The molecule has 0 radical (unpaired) electrons. The molecule has 1 amide bonds. The summed E-state index contributed by atoms with van der Waals surface area (Å²) in [5.74, 6) is -0.166. The molecule has 0 aromatic heterocycles. The molecule has 2 unspecified atom stereocenters. The van der Waals surface area contributed by atoms with Crippen LogP contribution in [0.15, 0.2) is 60.7 Å². The molecule has 4 heteroatoms. The Balaban J connectivity index is 0.00000288. The number of nitrogens with one attached hydrogen (secondary N) is 1. The quantitative estimate of drug-likeness (QED) is 0.866. The number of hydrogen-bond donors (Lipinski definition) is 2. The van der Waals surface area contributed by atoms with Crippen molar-refractivity contribution >= 4 is 18.3 Å². The van der Waals surface area contributed by atoms with Crippen LogP contribution >= 0.6 is 12.4 Å². The van der Waals surface area contributed by atoms with E-state index in [1.165, 1.54) is 5.56 Å². The number of carbonyl (C=O) groups excluding carboxylic acids is 1. The van der Waals surface area contributed by atoms with Crippen molar-refractivity contribution in [1.82, 2.24) is 5.32 Å². The van der Waals surface area contributed by atoms with Crippen molar-refractivity contribution in [3.05, 3.63) is 71.8 Å². The molecule has 2 aromatic carbocycles. The van der Waals surface area contributed by atoms with E-state index in [1.54, 1.807) is 6.92 Å². The first-order valence-electron chi connectivity index (χ1n) is 7.97. The minimum absolute atomic E-state index is 0. The second-order valence-electron chi connectivity index (χ2n) is 6.85. The third-order valence-corrected chi connectivity index (χ3v) is 4.79. The zero-order valence-corrected chi connectivity index (χ0v) is 15.6. The smallest absolute Gasteiger partial charge is 0.244 e. The molecule has 0 saturated heterocycles. The zero-order chi connectivity index (χ0) is 17.1. The lowest BCUT2D eigenvalue weighted by molar-refractivity contribution is -0.127.